The second-order valence-corrected chi connectivity index (χ2v) is 5.24. The molecule has 2 atom stereocenters. The predicted molar refractivity (Wildman–Crippen MR) is 77.7 cm³/mol. The van der Waals surface area contributed by atoms with Crippen LogP contribution in [-0.4, -0.2) is 46.2 Å². The van der Waals surface area contributed by atoms with E-state index < -0.39 is 24.0 Å². The average molecular weight is 298 g/mol. The number of amides is 1. The molecular weight excluding hydrogens is 280 g/mol. The minimum Gasteiger partial charge on any atom is -0.508 e. The zero-order chi connectivity index (χ0) is 15.1. The van der Waals surface area contributed by atoms with Crippen molar-refractivity contribution in [1.82, 2.24) is 5.32 Å². The zero-order valence-electron chi connectivity index (χ0n) is 11.1. The molecule has 0 aliphatic heterocycles. The molecule has 2 unspecified atom stereocenters. The Bertz CT molecular complexity index is 464. The zero-order valence-corrected chi connectivity index (χ0v) is 11.9. The maximum absolute atomic E-state index is 11.7. The molecule has 0 radical (unpaired) electrons. The van der Waals surface area contributed by atoms with Gasteiger partial charge in [0.15, 0.2) is 0 Å². The van der Waals surface area contributed by atoms with Gasteiger partial charge in [-0.3, -0.25) is 4.79 Å². The molecule has 0 saturated carbocycles. The minimum absolute atomic E-state index is 0.103. The van der Waals surface area contributed by atoms with Crippen molar-refractivity contribution in [2.24, 2.45) is 5.73 Å². The lowest BCUT2D eigenvalue weighted by molar-refractivity contribution is -0.141. The highest BCUT2D eigenvalue weighted by molar-refractivity contribution is 7.98. The van der Waals surface area contributed by atoms with E-state index >= 15 is 0 Å². The molecule has 0 aromatic heterocycles. The number of carboxylic acid groups (broad SMARTS) is 1. The fraction of sp³-hybridized carbons (Fsp3) is 0.385. The molecule has 7 heteroatoms. The van der Waals surface area contributed by atoms with Crippen LogP contribution in [0.25, 0.3) is 0 Å². The first-order chi connectivity index (χ1) is 9.43. The van der Waals surface area contributed by atoms with Crippen molar-refractivity contribution in [1.29, 1.82) is 0 Å². The third-order valence-corrected chi connectivity index (χ3v) is 3.37. The van der Waals surface area contributed by atoms with Gasteiger partial charge in [0.05, 0.1) is 6.04 Å². The molecule has 110 valence electrons. The molecule has 1 amide bonds. The van der Waals surface area contributed by atoms with E-state index in [-0.39, 0.29) is 12.2 Å². The number of benzene rings is 1. The number of hydrogen-bond acceptors (Lipinski definition) is 5. The summed E-state index contributed by atoms with van der Waals surface area (Å²) in [5.41, 5.74) is 6.33. The van der Waals surface area contributed by atoms with Crippen LogP contribution in [0, 0.1) is 0 Å². The molecular formula is C13H18N2O4S. The highest BCUT2D eigenvalue weighted by Gasteiger charge is 2.23. The van der Waals surface area contributed by atoms with E-state index in [4.69, 9.17) is 10.8 Å². The lowest BCUT2D eigenvalue weighted by Crippen LogP contribution is -2.50. The lowest BCUT2D eigenvalue weighted by atomic mass is 10.1. The van der Waals surface area contributed by atoms with Gasteiger partial charge in [-0.1, -0.05) is 12.1 Å². The average Bonchev–Trinajstić information content (AvgIpc) is 2.40. The molecule has 0 fully saturated rings. The van der Waals surface area contributed by atoms with Crippen LogP contribution in [0.4, 0.5) is 0 Å². The Morgan fingerprint density at radius 3 is 2.45 bits per heavy atom. The summed E-state index contributed by atoms with van der Waals surface area (Å²) in [6.07, 6.45) is 1.95. The third-order valence-electron chi connectivity index (χ3n) is 2.67. The summed E-state index contributed by atoms with van der Waals surface area (Å²) in [4.78, 5) is 22.9. The maximum Gasteiger partial charge on any atom is 0.326 e. The van der Waals surface area contributed by atoms with Gasteiger partial charge in [0.2, 0.25) is 5.91 Å². The van der Waals surface area contributed by atoms with Crippen molar-refractivity contribution in [2.45, 2.75) is 18.5 Å². The van der Waals surface area contributed by atoms with E-state index in [1.54, 1.807) is 12.1 Å². The molecule has 1 aromatic rings. The van der Waals surface area contributed by atoms with Crippen LogP contribution in [0.2, 0.25) is 0 Å². The Morgan fingerprint density at radius 1 is 1.35 bits per heavy atom. The first-order valence-electron chi connectivity index (χ1n) is 5.99. The Labute approximate surface area is 121 Å². The number of carbonyl (C=O) groups excluding carboxylic acids is 1. The fourth-order valence-corrected chi connectivity index (χ4v) is 2.11. The molecule has 0 heterocycles. The Kier molecular flexibility index (Phi) is 6.33. The smallest absolute Gasteiger partial charge is 0.326 e. The van der Waals surface area contributed by atoms with Crippen molar-refractivity contribution >= 4 is 23.6 Å². The number of nitrogens with one attached hydrogen (secondary N) is 1. The van der Waals surface area contributed by atoms with Crippen LogP contribution >= 0.6 is 11.8 Å². The van der Waals surface area contributed by atoms with Gasteiger partial charge in [0, 0.05) is 12.2 Å². The number of thioether (sulfide) groups is 1. The predicted octanol–water partition coefficient (Wildman–Crippen LogP) is 0.194. The van der Waals surface area contributed by atoms with Crippen LogP contribution in [0.15, 0.2) is 24.3 Å². The molecule has 20 heavy (non-hydrogen) atoms. The number of hydrogen-bond donors (Lipinski definition) is 4. The van der Waals surface area contributed by atoms with Gasteiger partial charge in [-0.25, -0.2) is 4.79 Å². The van der Waals surface area contributed by atoms with Crippen molar-refractivity contribution in [2.75, 3.05) is 12.0 Å². The van der Waals surface area contributed by atoms with Gasteiger partial charge in [-0.2, -0.15) is 11.8 Å². The number of rotatable bonds is 7. The molecule has 0 aliphatic carbocycles. The number of phenolic OH excluding ortho intramolecular Hbond substituents is 1. The van der Waals surface area contributed by atoms with E-state index in [9.17, 15) is 14.7 Å². The summed E-state index contributed by atoms with van der Waals surface area (Å²) < 4.78 is 0. The quantitative estimate of drug-likeness (QED) is 0.572. The number of carbonyl (C=O) groups is 2. The normalized spacial score (nSPS) is 13.5. The molecule has 0 bridgehead atoms. The van der Waals surface area contributed by atoms with Crippen LogP contribution in [0.5, 0.6) is 5.75 Å². The van der Waals surface area contributed by atoms with E-state index in [1.807, 2.05) is 6.26 Å². The van der Waals surface area contributed by atoms with Crippen molar-refractivity contribution in [3.63, 3.8) is 0 Å². The SMILES string of the molecule is CSCC(N)C(=O)NC(Cc1ccc(O)cc1)C(=O)O. The molecule has 0 spiro atoms. The highest BCUT2D eigenvalue weighted by Crippen LogP contribution is 2.11. The fourth-order valence-electron chi connectivity index (χ4n) is 1.60. The number of nitrogens with two attached hydrogens (primary N) is 1. The molecule has 1 aromatic carbocycles. The summed E-state index contributed by atoms with van der Waals surface area (Å²) in [5.74, 6) is -1.07. The Balaban J connectivity index is 2.67. The van der Waals surface area contributed by atoms with Gasteiger partial charge >= 0.3 is 5.97 Å². The summed E-state index contributed by atoms with van der Waals surface area (Å²) >= 11 is 1.42. The Hall–Kier alpha value is -1.73. The second kappa shape index (κ2) is 7.76. The summed E-state index contributed by atoms with van der Waals surface area (Å²) in [5, 5.41) is 20.7. The van der Waals surface area contributed by atoms with Crippen LogP contribution in [0.1, 0.15) is 5.56 Å². The van der Waals surface area contributed by atoms with E-state index in [0.717, 1.165) is 0 Å². The number of phenols is 1. The molecule has 0 aliphatic rings. The van der Waals surface area contributed by atoms with E-state index in [0.29, 0.717) is 11.3 Å². The van der Waals surface area contributed by atoms with Crippen LogP contribution < -0.4 is 11.1 Å². The third kappa shape index (κ3) is 5.10. The molecule has 6 nitrogen and oxygen atoms in total. The van der Waals surface area contributed by atoms with Gasteiger partial charge in [-0.15, -0.1) is 0 Å². The highest BCUT2D eigenvalue weighted by atomic mass is 32.2. The minimum atomic E-state index is -1.12. The van der Waals surface area contributed by atoms with Crippen LogP contribution in [-0.2, 0) is 16.0 Å². The summed E-state index contributed by atoms with van der Waals surface area (Å²) in [6.45, 7) is 0. The topological polar surface area (TPSA) is 113 Å². The lowest BCUT2D eigenvalue weighted by Gasteiger charge is -2.17. The van der Waals surface area contributed by atoms with Gasteiger partial charge in [0.1, 0.15) is 11.8 Å². The first-order valence-corrected chi connectivity index (χ1v) is 7.39. The maximum atomic E-state index is 11.7. The number of carboxylic acids is 1. The molecule has 5 N–H and O–H groups in total. The van der Waals surface area contributed by atoms with Gasteiger partial charge < -0.3 is 21.3 Å². The van der Waals surface area contributed by atoms with E-state index in [1.165, 1.54) is 23.9 Å². The van der Waals surface area contributed by atoms with E-state index in [2.05, 4.69) is 5.32 Å². The standard InChI is InChI=1S/C13H18N2O4S/c1-20-7-10(14)12(17)15-11(13(18)19)6-8-2-4-9(16)5-3-8/h2-5,10-11,16H,6-7,14H2,1H3,(H,15,17)(H,18,19). The number of aliphatic carboxylic acids is 1. The Morgan fingerprint density at radius 2 is 1.95 bits per heavy atom. The van der Waals surface area contributed by atoms with Crippen molar-refractivity contribution in [3.05, 3.63) is 29.8 Å². The molecule has 1 rings (SSSR count). The molecule has 0 saturated heterocycles. The van der Waals surface area contributed by atoms with Crippen LogP contribution in [0.3, 0.4) is 0 Å². The van der Waals surface area contributed by atoms with Crippen molar-refractivity contribution < 1.29 is 19.8 Å². The van der Waals surface area contributed by atoms with Crippen molar-refractivity contribution in [3.8, 4) is 5.75 Å². The van der Waals surface area contributed by atoms with Gasteiger partial charge in [-0.05, 0) is 24.0 Å². The summed E-state index contributed by atoms with van der Waals surface area (Å²) in [6, 6.07) is 4.38. The monoisotopic (exact) mass is 298 g/mol. The van der Waals surface area contributed by atoms with Gasteiger partial charge in [0.25, 0.3) is 0 Å². The summed E-state index contributed by atoms with van der Waals surface area (Å²) in [7, 11) is 0. The first kappa shape index (κ1) is 16.3. The number of aromatic hydroxyl groups is 1. The largest absolute Gasteiger partial charge is 0.508 e. The second-order valence-electron chi connectivity index (χ2n) is 4.33.